The number of likely N-dealkylation sites (tertiary alicyclic amines) is 2. The molecule has 1 unspecified atom stereocenters. The molecule has 0 saturated carbocycles. The number of aromatic nitrogens is 2. The lowest BCUT2D eigenvalue weighted by Crippen LogP contribution is -2.53. The molecule has 2 aliphatic rings. The van der Waals surface area contributed by atoms with E-state index >= 15 is 0 Å². The predicted octanol–water partition coefficient (Wildman–Crippen LogP) is 3.52. The predicted molar refractivity (Wildman–Crippen MR) is 111 cm³/mol. The van der Waals surface area contributed by atoms with Gasteiger partial charge in [0.05, 0.1) is 12.1 Å². The van der Waals surface area contributed by atoms with E-state index in [0.29, 0.717) is 5.91 Å². The van der Waals surface area contributed by atoms with Crippen LogP contribution in [0.1, 0.15) is 50.2 Å². The molecule has 2 aliphatic heterocycles. The number of carbonyl (C=O) groups excluding carboxylic acids is 1. The summed E-state index contributed by atoms with van der Waals surface area (Å²) >= 11 is 0. The molecule has 1 atom stereocenters. The first-order chi connectivity index (χ1) is 13.6. The van der Waals surface area contributed by atoms with Gasteiger partial charge in [0.2, 0.25) is 5.91 Å². The van der Waals surface area contributed by atoms with E-state index in [4.69, 9.17) is 0 Å². The summed E-state index contributed by atoms with van der Waals surface area (Å²) in [5, 5.41) is 4.40. The minimum atomic E-state index is 0.0178. The summed E-state index contributed by atoms with van der Waals surface area (Å²) in [7, 11) is 0. The molecule has 1 spiro atoms. The molecule has 1 aromatic carbocycles. The number of benzene rings is 1. The van der Waals surface area contributed by atoms with E-state index in [1.54, 1.807) is 0 Å². The molecular weight excluding hydrogens is 348 g/mol. The Hall–Kier alpha value is -2.14. The second-order valence-corrected chi connectivity index (χ2v) is 8.50. The lowest BCUT2D eigenvalue weighted by Gasteiger charge is -2.49. The highest BCUT2D eigenvalue weighted by Crippen LogP contribution is 2.45. The van der Waals surface area contributed by atoms with E-state index in [-0.39, 0.29) is 11.3 Å². The molecule has 2 saturated heterocycles. The maximum Gasteiger partial charge on any atom is 0.230 e. The Labute approximate surface area is 168 Å². The number of hydrogen-bond donors (Lipinski definition) is 0. The van der Waals surface area contributed by atoms with Gasteiger partial charge in [0.1, 0.15) is 0 Å². The van der Waals surface area contributed by atoms with Gasteiger partial charge in [-0.25, -0.2) is 0 Å². The molecule has 4 rings (SSSR count). The topological polar surface area (TPSA) is 41.4 Å². The van der Waals surface area contributed by atoms with Crippen LogP contribution < -0.4 is 0 Å². The number of rotatable bonds is 5. The van der Waals surface area contributed by atoms with Crippen LogP contribution in [0.25, 0.3) is 0 Å². The van der Waals surface area contributed by atoms with E-state index in [1.165, 1.54) is 24.0 Å². The van der Waals surface area contributed by atoms with Crippen molar-refractivity contribution in [2.75, 3.05) is 26.2 Å². The largest absolute Gasteiger partial charge is 0.342 e. The van der Waals surface area contributed by atoms with Crippen LogP contribution in [0.5, 0.6) is 0 Å². The average molecular weight is 381 g/mol. The van der Waals surface area contributed by atoms with Gasteiger partial charge in [0.15, 0.2) is 0 Å². The van der Waals surface area contributed by atoms with Crippen molar-refractivity contribution in [3.63, 3.8) is 0 Å². The minimum absolute atomic E-state index is 0.0178. The lowest BCUT2D eigenvalue weighted by molar-refractivity contribution is -0.141. The van der Waals surface area contributed by atoms with Gasteiger partial charge >= 0.3 is 0 Å². The van der Waals surface area contributed by atoms with Crippen LogP contribution in [0, 0.1) is 5.41 Å². The fourth-order valence-electron chi connectivity index (χ4n) is 4.97. The first-order valence-electron chi connectivity index (χ1n) is 10.7. The molecule has 0 radical (unpaired) electrons. The Kier molecular flexibility index (Phi) is 5.54. The SMILES string of the molecule is CCN1CC2(CCN(Cc3cnn(CC)c3)CC2)CC(c2ccccc2)C1=O. The molecule has 5 nitrogen and oxygen atoms in total. The summed E-state index contributed by atoms with van der Waals surface area (Å²) in [6.07, 6.45) is 7.49. The van der Waals surface area contributed by atoms with E-state index in [2.05, 4.69) is 59.2 Å². The molecular formula is C23H32N4O. The number of amides is 1. The zero-order valence-corrected chi connectivity index (χ0v) is 17.2. The van der Waals surface area contributed by atoms with Crippen molar-refractivity contribution >= 4 is 5.91 Å². The summed E-state index contributed by atoms with van der Waals surface area (Å²) in [4.78, 5) is 17.7. The molecule has 28 heavy (non-hydrogen) atoms. The average Bonchev–Trinajstić information content (AvgIpc) is 3.20. The third-order valence-electron chi connectivity index (χ3n) is 6.69. The van der Waals surface area contributed by atoms with Crippen molar-refractivity contribution in [3.8, 4) is 0 Å². The van der Waals surface area contributed by atoms with Crippen LogP contribution in [-0.2, 0) is 17.9 Å². The smallest absolute Gasteiger partial charge is 0.230 e. The molecule has 3 heterocycles. The summed E-state index contributed by atoms with van der Waals surface area (Å²) in [6, 6.07) is 10.4. The molecule has 150 valence electrons. The number of piperidine rings is 2. The maximum atomic E-state index is 13.0. The first-order valence-corrected chi connectivity index (χ1v) is 10.7. The van der Waals surface area contributed by atoms with Crippen LogP contribution in [0.15, 0.2) is 42.7 Å². The fraction of sp³-hybridized carbons (Fsp3) is 0.565. The highest BCUT2D eigenvalue weighted by Gasteiger charge is 2.45. The monoisotopic (exact) mass is 380 g/mol. The lowest BCUT2D eigenvalue weighted by atomic mass is 9.67. The second-order valence-electron chi connectivity index (χ2n) is 8.50. The Morgan fingerprint density at radius 3 is 2.50 bits per heavy atom. The molecule has 1 aromatic heterocycles. The van der Waals surface area contributed by atoms with Gasteiger partial charge in [0, 0.05) is 37.9 Å². The Morgan fingerprint density at radius 2 is 1.86 bits per heavy atom. The number of hydrogen-bond acceptors (Lipinski definition) is 3. The van der Waals surface area contributed by atoms with Crippen molar-refractivity contribution in [1.82, 2.24) is 19.6 Å². The number of carbonyl (C=O) groups is 1. The van der Waals surface area contributed by atoms with Gasteiger partial charge in [-0.3, -0.25) is 14.4 Å². The highest BCUT2D eigenvalue weighted by molar-refractivity contribution is 5.84. The molecule has 5 heteroatoms. The standard InChI is InChI=1S/C23H32N4O/c1-3-26-18-23(14-21(22(26)28)20-8-6-5-7-9-20)10-12-25(13-11-23)16-19-15-24-27(4-2)17-19/h5-9,15,17,21H,3-4,10-14,16,18H2,1-2H3. The van der Waals surface area contributed by atoms with Gasteiger partial charge in [0.25, 0.3) is 0 Å². The highest BCUT2D eigenvalue weighted by atomic mass is 16.2. The van der Waals surface area contributed by atoms with Gasteiger partial charge in [-0.15, -0.1) is 0 Å². The van der Waals surface area contributed by atoms with Crippen molar-refractivity contribution in [2.45, 2.75) is 52.1 Å². The van der Waals surface area contributed by atoms with Crippen LogP contribution in [0.2, 0.25) is 0 Å². The molecule has 0 bridgehead atoms. The summed E-state index contributed by atoms with van der Waals surface area (Å²) < 4.78 is 2.00. The molecule has 0 N–H and O–H groups in total. The Bertz CT molecular complexity index is 792. The van der Waals surface area contributed by atoms with E-state index in [9.17, 15) is 4.79 Å². The molecule has 1 amide bonds. The van der Waals surface area contributed by atoms with Crippen molar-refractivity contribution in [1.29, 1.82) is 0 Å². The van der Waals surface area contributed by atoms with Crippen molar-refractivity contribution < 1.29 is 4.79 Å². The van der Waals surface area contributed by atoms with Gasteiger partial charge in [-0.05, 0) is 57.2 Å². The molecule has 2 aromatic rings. The number of likely N-dealkylation sites (N-methyl/N-ethyl adjacent to an activating group) is 1. The van der Waals surface area contributed by atoms with E-state index in [1.807, 2.05) is 16.9 Å². The zero-order chi connectivity index (χ0) is 19.6. The summed E-state index contributed by atoms with van der Waals surface area (Å²) in [6.45, 7) is 10.1. The van der Waals surface area contributed by atoms with Crippen molar-refractivity contribution in [2.24, 2.45) is 5.41 Å². The Morgan fingerprint density at radius 1 is 1.11 bits per heavy atom. The fourth-order valence-corrected chi connectivity index (χ4v) is 4.97. The first kappa shape index (κ1) is 19.2. The van der Waals surface area contributed by atoms with E-state index in [0.717, 1.165) is 45.7 Å². The summed E-state index contributed by atoms with van der Waals surface area (Å²) in [5.41, 5.74) is 2.74. The van der Waals surface area contributed by atoms with Crippen LogP contribution in [0.4, 0.5) is 0 Å². The summed E-state index contributed by atoms with van der Waals surface area (Å²) in [5.74, 6) is 0.331. The third kappa shape index (κ3) is 3.86. The van der Waals surface area contributed by atoms with Gasteiger partial charge < -0.3 is 4.90 Å². The Balaban J connectivity index is 1.45. The van der Waals surface area contributed by atoms with Crippen LogP contribution in [0.3, 0.4) is 0 Å². The van der Waals surface area contributed by atoms with Crippen LogP contribution in [-0.4, -0.2) is 51.7 Å². The maximum absolute atomic E-state index is 13.0. The van der Waals surface area contributed by atoms with E-state index < -0.39 is 0 Å². The minimum Gasteiger partial charge on any atom is -0.342 e. The molecule has 0 aliphatic carbocycles. The normalized spacial score (nSPS) is 22.7. The van der Waals surface area contributed by atoms with Crippen LogP contribution >= 0.6 is 0 Å². The number of nitrogens with zero attached hydrogens (tertiary/aromatic N) is 4. The van der Waals surface area contributed by atoms with Crippen molar-refractivity contribution in [3.05, 3.63) is 53.9 Å². The van der Waals surface area contributed by atoms with Gasteiger partial charge in [-0.1, -0.05) is 30.3 Å². The zero-order valence-electron chi connectivity index (χ0n) is 17.2. The third-order valence-corrected chi connectivity index (χ3v) is 6.69. The van der Waals surface area contributed by atoms with Gasteiger partial charge in [-0.2, -0.15) is 5.10 Å². The molecule has 2 fully saturated rings. The number of aryl methyl sites for hydroxylation is 1. The quantitative estimate of drug-likeness (QED) is 0.797. The second kappa shape index (κ2) is 8.08.